The molecule has 0 fully saturated rings. The molecule has 1 unspecified atom stereocenters. The van der Waals surface area contributed by atoms with E-state index in [0.717, 1.165) is 35.6 Å². The molecule has 1 heterocycles. The molecule has 0 spiro atoms. The van der Waals surface area contributed by atoms with Crippen LogP contribution in [0.25, 0.3) is 0 Å². The first-order chi connectivity index (χ1) is 12.0. The summed E-state index contributed by atoms with van der Waals surface area (Å²) in [5.41, 5.74) is 1.35. The van der Waals surface area contributed by atoms with E-state index in [1.165, 1.54) is 5.56 Å². The van der Waals surface area contributed by atoms with Crippen LogP contribution in [0.5, 0.6) is 0 Å². The highest BCUT2D eigenvalue weighted by molar-refractivity contribution is 9.10. The van der Waals surface area contributed by atoms with Crippen LogP contribution in [0.4, 0.5) is 0 Å². The molecule has 25 heavy (non-hydrogen) atoms. The number of aliphatic imine (C=N–C) groups is 1. The van der Waals surface area contributed by atoms with Gasteiger partial charge in [0.25, 0.3) is 0 Å². The van der Waals surface area contributed by atoms with E-state index in [2.05, 4.69) is 72.4 Å². The van der Waals surface area contributed by atoms with Gasteiger partial charge < -0.3 is 10.2 Å². The SMILES string of the molecule is CCC(CNC(=NC)N(C)Cc1ncnn1C)Cc1cccc(Br)c1. The standard InChI is InChI=1S/C18H27BrN6/c1-5-14(9-15-7-6-8-16(19)10-15)11-21-18(20-2)24(3)12-17-22-13-23-25(17)4/h6-8,10,13-14H,5,9,11-12H2,1-4H3,(H,20,21). The summed E-state index contributed by atoms with van der Waals surface area (Å²) in [4.78, 5) is 10.7. The van der Waals surface area contributed by atoms with Crippen LogP contribution >= 0.6 is 15.9 Å². The lowest BCUT2D eigenvalue weighted by atomic mass is 9.97. The Morgan fingerprint density at radius 1 is 1.44 bits per heavy atom. The molecule has 0 radical (unpaired) electrons. The molecular formula is C18H27BrN6. The van der Waals surface area contributed by atoms with Gasteiger partial charge in [0, 0.05) is 32.2 Å². The van der Waals surface area contributed by atoms with Crippen LogP contribution in [0, 0.1) is 5.92 Å². The maximum atomic E-state index is 4.39. The lowest BCUT2D eigenvalue weighted by molar-refractivity contribution is 0.429. The first-order valence-electron chi connectivity index (χ1n) is 8.52. The van der Waals surface area contributed by atoms with Gasteiger partial charge in [-0.3, -0.25) is 9.67 Å². The lowest BCUT2D eigenvalue weighted by Gasteiger charge is -2.24. The largest absolute Gasteiger partial charge is 0.356 e. The van der Waals surface area contributed by atoms with Gasteiger partial charge in [-0.2, -0.15) is 5.10 Å². The molecule has 0 amide bonds. The number of halogens is 1. The number of hydrogen-bond donors (Lipinski definition) is 1. The highest BCUT2D eigenvalue weighted by Crippen LogP contribution is 2.16. The number of aryl methyl sites for hydroxylation is 1. The summed E-state index contributed by atoms with van der Waals surface area (Å²) in [5, 5.41) is 7.60. The van der Waals surface area contributed by atoms with Gasteiger partial charge in [-0.15, -0.1) is 0 Å². The van der Waals surface area contributed by atoms with Crippen molar-refractivity contribution in [1.82, 2.24) is 25.0 Å². The number of nitrogens with zero attached hydrogens (tertiary/aromatic N) is 5. The quantitative estimate of drug-likeness (QED) is 0.567. The monoisotopic (exact) mass is 406 g/mol. The van der Waals surface area contributed by atoms with Crippen LogP contribution in [-0.2, 0) is 20.0 Å². The van der Waals surface area contributed by atoms with Gasteiger partial charge in [-0.25, -0.2) is 4.98 Å². The molecular weight excluding hydrogens is 380 g/mol. The fraction of sp³-hybridized carbons (Fsp3) is 0.500. The third-order valence-electron chi connectivity index (χ3n) is 4.30. The first kappa shape index (κ1) is 19.4. The third-order valence-corrected chi connectivity index (χ3v) is 4.79. The summed E-state index contributed by atoms with van der Waals surface area (Å²) in [6.45, 7) is 3.79. The van der Waals surface area contributed by atoms with Crippen molar-refractivity contribution in [2.45, 2.75) is 26.3 Å². The van der Waals surface area contributed by atoms with Crippen molar-refractivity contribution in [3.05, 3.63) is 46.5 Å². The van der Waals surface area contributed by atoms with Crippen molar-refractivity contribution in [1.29, 1.82) is 0 Å². The number of guanidine groups is 1. The van der Waals surface area contributed by atoms with Crippen LogP contribution in [0.3, 0.4) is 0 Å². The van der Waals surface area contributed by atoms with Gasteiger partial charge in [0.2, 0.25) is 0 Å². The minimum Gasteiger partial charge on any atom is -0.356 e. The number of nitrogens with one attached hydrogen (secondary N) is 1. The molecule has 7 heteroatoms. The van der Waals surface area contributed by atoms with Crippen LogP contribution in [0.1, 0.15) is 24.7 Å². The molecule has 136 valence electrons. The zero-order chi connectivity index (χ0) is 18.2. The van der Waals surface area contributed by atoms with Crippen molar-refractivity contribution >= 4 is 21.9 Å². The molecule has 0 saturated heterocycles. The number of aromatic nitrogens is 3. The van der Waals surface area contributed by atoms with Crippen LogP contribution < -0.4 is 5.32 Å². The molecule has 2 rings (SSSR count). The minimum absolute atomic E-state index is 0.550. The van der Waals surface area contributed by atoms with Gasteiger partial charge >= 0.3 is 0 Å². The third kappa shape index (κ3) is 5.85. The van der Waals surface area contributed by atoms with Crippen molar-refractivity contribution in [2.24, 2.45) is 18.0 Å². The molecule has 1 N–H and O–H groups in total. The molecule has 1 atom stereocenters. The summed E-state index contributed by atoms with van der Waals surface area (Å²) in [6, 6.07) is 8.53. The van der Waals surface area contributed by atoms with E-state index in [1.807, 2.05) is 21.1 Å². The van der Waals surface area contributed by atoms with E-state index in [4.69, 9.17) is 0 Å². The van der Waals surface area contributed by atoms with Crippen molar-refractivity contribution in [2.75, 3.05) is 20.6 Å². The van der Waals surface area contributed by atoms with Crippen LogP contribution in [0.2, 0.25) is 0 Å². The Bertz CT molecular complexity index is 696. The van der Waals surface area contributed by atoms with Crippen molar-refractivity contribution < 1.29 is 0 Å². The number of hydrogen-bond acceptors (Lipinski definition) is 3. The Morgan fingerprint density at radius 3 is 2.84 bits per heavy atom. The van der Waals surface area contributed by atoms with E-state index in [9.17, 15) is 0 Å². The number of benzene rings is 1. The fourth-order valence-corrected chi connectivity index (χ4v) is 3.18. The van der Waals surface area contributed by atoms with Crippen LogP contribution in [0.15, 0.2) is 40.1 Å². The Morgan fingerprint density at radius 2 is 2.24 bits per heavy atom. The van der Waals surface area contributed by atoms with Gasteiger partial charge in [0.05, 0.1) is 6.54 Å². The molecule has 0 aliphatic rings. The average molecular weight is 407 g/mol. The van der Waals surface area contributed by atoms with Gasteiger partial charge in [0.15, 0.2) is 5.96 Å². The minimum atomic E-state index is 0.550. The van der Waals surface area contributed by atoms with Crippen molar-refractivity contribution in [3.63, 3.8) is 0 Å². The van der Waals surface area contributed by atoms with Gasteiger partial charge in [0.1, 0.15) is 12.2 Å². The number of rotatable bonds is 7. The highest BCUT2D eigenvalue weighted by atomic mass is 79.9. The Balaban J connectivity index is 1.90. The summed E-state index contributed by atoms with van der Waals surface area (Å²) >= 11 is 3.55. The summed E-state index contributed by atoms with van der Waals surface area (Å²) in [7, 11) is 5.72. The van der Waals surface area contributed by atoms with E-state index >= 15 is 0 Å². The average Bonchev–Trinajstić information content (AvgIpc) is 2.99. The van der Waals surface area contributed by atoms with E-state index in [1.54, 1.807) is 11.0 Å². The highest BCUT2D eigenvalue weighted by Gasteiger charge is 2.13. The second-order valence-electron chi connectivity index (χ2n) is 6.19. The van der Waals surface area contributed by atoms with Crippen LogP contribution in [-0.4, -0.2) is 46.3 Å². The van der Waals surface area contributed by atoms with E-state index < -0.39 is 0 Å². The molecule has 1 aromatic heterocycles. The first-order valence-corrected chi connectivity index (χ1v) is 9.31. The topological polar surface area (TPSA) is 58.3 Å². The second-order valence-corrected chi connectivity index (χ2v) is 7.11. The Hall–Kier alpha value is -1.89. The van der Waals surface area contributed by atoms with E-state index in [-0.39, 0.29) is 0 Å². The molecule has 0 aliphatic heterocycles. The molecule has 1 aromatic carbocycles. The maximum absolute atomic E-state index is 4.39. The smallest absolute Gasteiger partial charge is 0.193 e. The zero-order valence-electron chi connectivity index (χ0n) is 15.4. The predicted octanol–water partition coefficient (Wildman–Crippen LogP) is 2.85. The molecule has 0 aliphatic carbocycles. The summed E-state index contributed by atoms with van der Waals surface area (Å²) in [5.74, 6) is 2.33. The normalized spacial score (nSPS) is 12.9. The van der Waals surface area contributed by atoms with E-state index in [0.29, 0.717) is 12.5 Å². The lowest BCUT2D eigenvalue weighted by Crippen LogP contribution is -2.41. The maximum Gasteiger partial charge on any atom is 0.193 e. The Labute approximate surface area is 158 Å². The zero-order valence-corrected chi connectivity index (χ0v) is 17.0. The molecule has 0 saturated carbocycles. The predicted molar refractivity (Wildman–Crippen MR) is 105 cm³/mol. The second kappa shape index (κ2) is 9.56. The fourth-order valence-electron chi connectivity index (χ4n) is 2.73. The Kier molecular flexibility index (Phi) is 7.43. The van der Waals surface area contributed by atoms with Gasteiger partial charge in [-0.1, -0.05) is 41.4 Å². The summed E-state index contributed by atoms with van der Waals surface area (Å²) < 4.78 is 2.92. The van der Waals surface area contributed by atoms with Gasteiger partial charge in [-0.05, 0) is 30.0 Å². The summed E-state index contributed by atoms with van der Waals surface area (Å²) in [6.07, 6.45) is 3.74. The van der Waals surface area contributed by atoms with Crippen molar-refractivity contribution in [3.8, 4) is 0 Å². The molecule has 2 aromatic rings. The molecule has 0 bridgehead atoms. The molecule has 6 nitrogen and oxygen atoms in total.